The monoisotopic (exact) mass is 429 g/mol. The van der Waals surface area contributed by atoms with Crippen LogP contribution in [-0.2, 0) is 16.1 Å². The third-order valence-corrected chi connectivity index (χ3v) is 5.96. The van der Waals surface area contributed by atoms with E-state index in [1.165, 1.54) is 0 Å². The SMILES string of the molecule is CN=C(NCc1nc(C(C)C)cs1)NCC(C(=O)N1CCOCC1)c1ccccc1. The van der Waals surface area contributed by atoms with Crippen molar-refractivity contribution in [2.75, 3.05) is 39.9 Å². The number of thiazole rings is 1. The summed E-state index contributed by atoms with van der Waals surface area (Å²) in [5.74, 6) is 0.918. The van der Waals surface area contributed by atoms with E-state index >= 15 is 0 Å². The third kappa shape index (κ3) is 6.03. The van der Waals surface area contributed by atoms with Crippen molar-refractivity contribution in [3.63, 3.8) is 0 Å². The van der Waals surface area contributed by atoms with Crippen LogP contribution in [-0.4, -0.2) is 61.6 Å². The highest BCUT2D eigenvalue weighted by Gasteiger charge is 2.27. The number of morpholine rings is 1. The molecule has 0 spiro atoms. The van der Waals surface area contributed by atoms with E-state index in [4.69, 9.17) is 4.74 Å². The summed E-state index contributed by atoms with van der Waals surface area (Å²) in [6, 6.07) is 9.91. The number of amides is 1. The van der Waals surface area contributed by atoms with E-state index in [2.05, 4.69) is 39.8 Å². The lowest BCUT2D eigenvalue weighted by atomic mass is 9.97. The molecule has 2 N–H and O–H groups in total. The summed E-state index contributed by atoms with van der Waals surface area (Å²) in [6.45, 7) is 7.81. The summed E-state index contributed by atoms with van der Waals surface area (Å²) >= 11 is 1.65. The number of guanidine groups is 1. The fourth-order valence-corrected chi connectivity index (χ4v) is 4.18. The van der Waals surface area contributed by atoms with Gasteiger partial charge in [0.05, 0.1) is 31.4 Å². The van der Waals surface area contributed by atoms with Gasteiger partial charge in [0.2, 0.25) is 5.91 Å². The highest BCUT2D eigenvalue weighted by molar-refractivity contribution is 7.09. The summed E-state index contributed by atoms with van der Waals surface area (Å²) in [4.78, 5) is 24.1. The second kappa shape index (κ2) is 11.1. The summed E-state index contributed by atoms with van der Waals surface area (Å²) in [5.41, 5.74) is 2.11. The molecule has 1 aromatic heterocycles. The van der Waals surface area contributed by atoms with Gasteiger partial charge in [-0.2, -0.15) is 0 Å². The smallest absolute Gasteiger partial charge is 0.232 e. The predicted octanol–water partition coefficient (Wildman–Crippen LogP) is 2.57. The summed E-state index contributed by atoms with van der Waals surface area (Å²) < 4.78 is 5.40. The zero-order valence-electron chi connectivity index (χ0n) is 17.9. The molecule has 30 heavy (non-hydrogen) atoms. The molecule has 2 aromatic rings. The van der Waals surface area contributed by atoms with Gasteiger partial charge in [-0.05, 0) is 11.5 Å². The molecule has 162 valence electrons. The molecule has 8 heteroatoms. The first kappa shape index (κ1) is 22.2. The first-order valence-corrected chi connectivity index (χ1v) is 11.3. The molecule has 1 aromatic carbocycles. The van der Waals surface area contributed by atoms with Crippen molar-refractivity contribution in [3.05, 3.63) is 52.0 Å². The number of benzene rings is 1. The molecule has 1 aliphatic rings. The second-order valence-corrected chi connectivity index (χ2v) is 8.47. The van der Waals surface area contributed by atoms with E-state index in [0.29, 0.717) is 51.3 Å². The van der Waals surface area contributed by atoms with Crippen LogP contribution in [0, 0.1) is 0 Å². The molecule has 3 rings (SSSR count). The molecule has 1 atom stereocenters. The number of carbonyl (C=O) groups excluding carboxylic acids is 1. The number of nitrogens with one attached hydrogen (secondary N) is 2. The minimum absolute atomic E-state index is 0.119. The lowest BCUT2D eigenvalue weighted by Gasteiger charge is -2.31. The first-order chi connectivity index (χ1) is 14.6. The normalized spacial score (nSPS) is 15.9. The topological polar surface area (TPSA) is 78.8 Å². The van der Waals surface area contributed by atoms with E-state index < -0.39 is 0 Å². The maximum atomic E-state index is 13.2. The summed E-state index contributed by atoms with van der Waals surface area (Å²) in [6.07, 6.45) is 0. The number of aromatic nitrogens is 1. The molecule has 1 fully saturated rings. The van der Waals surface area contributed by atoms with Gasteiger partial charge in [0.15, 0.2) is 5.96 Å². The lowest BCUT2D eigenvalue weighted by molar-refractivity contribution is -0.136. The number of hydrogen-bond donors (Lipinski definition) is 2. The van der Waals surface area contributed by atoms with Crippen LogP contribution in [0.5, 0.6) is 0 Å². The highest BCUT2D eigenvalue weighted by atomic mass is 32.1. The average Bonchev–Trinajstić information content (AvgIpc) is 3.26. The molecule has 0 aliphatic carbocycles. The van der Waals surface area contributed by atoms with Gasteiger partial charge >= 0.3 is 0 Å². The van der Waals surface area contributed by atoms with Crippen LogP contribution in [0.25, 0.3) is 0 Å². The van der Waals surface area contributed by atoms with Gasteiger partial charge in [-0.15, -0.1) is 11.3 Å². The molecule has 0 bridgehead atoms. The van der Waals surface area contributed by atoms with E-state index in [0.717, 1.165) is 16.3 Å². The minimum atomic E-state index is -0.282. The zero-order chi connectivity index (χ0) is 21.3. The van der Waals surface area contributed by atoms with Crippen molar-refractivity contribution in [2.45, 2.75) is 32.2 Å². The van der Waals surface area contributed by atoms with Crippen LogP contribution in [0.4, 0.5) is 0 Å². The fourth-order valence-electron chi connectivity index (χ4n) is 3.29. The Morgan fingerprint density at radius 1 is 1.23 bits per heavy atom. The number of nitrogens with zero attached hydrogens (tertiary/aromatic N) is 3. The first-order valence-electron chi connectivity index (χ1n) is 10.4. The number of rotatable bonds is 7. The fraction of sp³-hybridized carbons (Fsp3) is 0.500. The predicted molar refractivity (Wildman–Crippen MR) is 121 cm³/mol. The van der Waals surface area contributed by atoms with Gasteiger partial charge in [-0.1, -0.05) is 44.2 Å². The Balaban J connectivity index is 1.62. The van der Waals surface area contributed by atoms with Crippen LogP contribution in [0.3, 0.4) is 0 Å². The maximum absolute atomic E-state index is 13.2. The Hall–Kier alpha value is -2.45. The van der Waals surface area contributed by atoms with Crippen LogP contribution < -0.4 is 10.6 Å². The Bertz CT molecular complexity index is 831. The molecule has 0 radical (unpaired) electrons. The molecule has 0 saturated carbocycles. The molecular formula is C22H31N5O2S. The maximum Gasteiger partial charge on any atom is 0.232 e. The standard InChI is InChI=1S/C22H31N5O2S/c1-16(2)19-15-30-20(26-19)14-25-22(23-3)24-13-18(17-7-5-4-6-8-17)21(28)27-9-11-29-12-10-27/h4-8,15-16,18H,9-14H2,1-3H3,(H2,23,24,25). The van der Waals surface area contributed by atoms with E-state index in [-0.39, 0.29) is 11.8 Å². The van der Waals surface area contributed by atoms with Crippen LogP contribution in [0.15, 0.2) is 40.7 Å². The van der Waals surface area contributed by atoms with E-state index in [1.54, 1.807) is 18.4 Å². The summed E-state index contributed by atoms with van der Waals surface area (Å²) in [7, 11) is 1.73. The minimum Gasteiger partial charge on any atom is -0.378 e. The summed E-state index contributed by atoms with van der Waals surface area (Å²) in [5, 5.41) is 9.75. The van der Waals surface area contributed by atoms with Crippen molar-refractivity contribution in [1.29, 1.82) is 0 Å². The molecule has 1 aliphatic heterocycles. The number of carbonyl (C=O) groups is 1. The van der Waals surface area contributed by atoms with Gasteiger partial charge < -0.3 is 20.3 Å². The average molecular weight is 430 g/mol. The molecular weight excluding hydrogens is 398 g/mol. The second-order valence-electron chi connectivity index (χ2n) is 7.53. The number of aliphatic imine (C=N–C) groups is 1. The van der Waals surface area contributed by atoms with E-state index in [1.807, 2.05) is 35.2 Å². The Kier molecular flexibility index (Phi) is 8.21. The van der Waals surface area contributed by atoms with Crippen molar-refractivity contribution in [2.24, 2.45) is 4.99 Å². The molecule has 7 nitrogen and oxygen atoms in total. The molecule has 1 saturated heterocycles. The van der Waals surface area contributed by atoms with Crippen LogP contribution in [0.1, 0.15) is 41.9 Å². The lowest BCUT2D eigenvalue weighted by Crippen LogP contribution is -2.47. The number of hydrogen-bond acceptors (Lipinski definition) is 5. The van der Waals surface area contributed by atoms with Gasteiger partial charge in [-0.25, -0.2) is 4.98 Å². The quantitative estimate of drug-likeness (QED) is 0.522. The van der Waals surface area contributed by atoms with Crippen LogP contribution in [0.2, 0.25) is 0 Å². The Labute approximate surface area is 182 Å². The molecule has 1 unspecified atom stereocenters. The van der Waals surface area contributed by atoms with Gasteiger partial charge in [0.1, 0.15) is 5.01 Å². The van der Waals surface area contributed by atoms with Gasteiger partial charge in [0, 0.05) is 32.1 Å². The van der Waals surface area contributed by atoms with Gasteiger partial charge in [-0.3, -0.25) is 9.79 Å². The third-order valence-electron chi connectivity index (χ3n) is 5.09. The van der Waals surface area contributed by atoms with Gasteiger partial charge in [0.25, 0.3) is 0 Å². The number of ether oxygens (including phenoxy) is 1. The Morgan fingerprint density at radius 3 is 2.60 bits per heavy atom. The zero-order valence-corrected chi connectivity index (χ0v) is 18.7. The Morgan fingerprint density at radius 2 is 1.97 bits per heavy atom. The van der Waals surface area contributed by atoms with Crippen molar-refractivity contribution in [3.8, 4) is 0 Å². The largest absolute Gasteiger partial charge is 0.378 e. The van der Waals surface area contributed by atoms with Crippen molar-refractivity contribution < 1.29 is 9.53 Å². The molecule has 2 heterocycles. The van der Waals surface area contributed by atoms with Crippen molar-refractivity contribution in [1.82, 2.24) is 20.5 Å². The van der Waals surface area contributed by atoms with E-state index in [9.17, 15) is 4.79 Å². The molecule has 1 amide bonds. The highest BCUT2D eigenvalue weighted by Crippen LogP contribution is 2.19. The van der Waals surface area contributed by atoms with Crippen LogP contribution >= 0.6 is 11.3 Å². The van der Waals surface area contributed by atoms with Crippen molar-refractivity contribution >= 4 is 23.2 Å².